The minimum Gasteiger partial charge on any atom is -0.454 e. The van der Waals surface area contributed by atoms with Crippen molar-refractivity contribution in [3.63, 3.8) is 0 Å². The Kier molecular flexibility index (Phi) is 12.7. The van der Waals surface area contributed by atoms with E-state index in [0.717, 1.165) is 31.7 Å². The fourth-order valence-electron chi connectivity index (χ4n) is 5.26. The van der Waals surface area contributed by atoms with E-state index < -0.39 is 70.9 Å². The van der Waals surface area contributed by atoms with Crippen LogP contribution in [0.3, 0.4) is 0 Å². The molecule has 1 aliphatic carbocycles. The summed E-state index contributed by atoms with van der Waals surface area (Å²) < 4.78 is 51.8. The van der Waals surface area contributed by atoms with Gasteiger partial charge in [0.05, 0.1) is 23.8 Å². The number of aliphatic hydroxyl groups is 4. The second-order valence-electron chi connectivity index (χ2n) is 11.3. The molecule has 254 valence electrons. The van der Waals surface area contributed by atoms with Crippen LogP contribution in [0.2, 0.25) is 0 Å². The van der Waals surface area contributed by atoms with E-state index in [9.17, 15) is 38.4 Å². The van der Waals surface area contributed by atoms with E-state index in [-0.39, 0.29) is 28.7 Å². The van der Waals surface area contributed by atoms with Crippen LogP contribution in [0.1, 0.15) is 62.2 Å². The molecular weight excluding hydrogens is 624 g/mol. The molecule has 1 aliphatic heterocycles. The molecule has 2 fully saturated rings. The predicted octanol–water partition coefficient (Wildman–Crippen LogP) is 2.01. The number of rotatable bonds is 14. The highest BCUT2D eigenvalue weighted by atomic mass is 32.2. The van der Waals surface area contributed by atoms with Crippen molar-refractivity contribution in [2.75, 3.05) is 25.3 Å². The first kappa shape index (κ1) is 35.5. The maximum atomic E-state index is 13.9. The van der Waals surface area contributed by atoms with Crippen LogP contribution >= 0.6 is 0 Å². The van der Waals surface area contributed by atoms with Crippen LogP contribution in [0, 0.1) is 5.92 Å². The summed E-state index contributed by atoms with van der Waals surface area (Å²) in [5.74, 6) is -1.63. The Morgan fingerprint density at radius 1 is 0.978 bits per heavy atom. The quantitative estimate of drug-likeness (QED) is 0.0970. The van der Waals surface area contributed by atoms with E-state index in [4.69, 9.17) is 18.9 Å². The number of benzene rings is 2. The Morgan fingerprint density at radius 3 is 2.37 bits per heavy atom. The number of hydrogen-bond donors (Lipinski definition) is 6. The second kappa shape index (κ2) is 16.5. The molecule has 0 aromatic heterocycles. The first-order valence-corrected chi connectivity index (χ1v) is 16.9. The number of esters is 2. The van der Waals surface area contributed by atoms with E-state index in [0.29, 0.717) is 25.8 Å². The lowest BCUT2D eigenvalue weighted by molar-refractivity contribution is -0.231. The lowest BCUT2D eigenvalue weighted by Crippen LogP contribution is -2.63. The van der Waals surface area contributed by atoms with Crippen LogP contribution in [-0.4, -0.2) is 91.4 Å². The van der Waals surface area contributed by atoms with Gasteiger partial charge in [0.15, 0.2) is 12.0 Å². The summed E-state index contributed by atoms with van der Waals surface area (Å²) in [4.78, 5) is 25.0. The van der Waals surface area contributed by atoms with Crippen LogP contribution in [0.15, 0.2) is 47.4 Å². The van der Waals surface area contributed by atoms with Gasteiger partial charge >= 0.3 is 11.9 Å². The highest BCUT2D eigenvalue weighted by molar-refractivity contribution is 7.89. The maximum Gasteiger partial charge on any atom is 0.341 e. The third-order valence-electron chi connectivity index (χ3n) is 7.88. The Bertz CT molecular complexity index is 1420. The molecule has 0 radical (unpaired) electrons. The summed E-state index contributed by atoms with van der Waals surface area (Å²) in [5, 5.41) is 43.5. The summed E-state index contributed by atoms with van der Waals surface area (Å²) in [6.07, 6.45) is -2.86. The maximum absolute atomic E-state index is 13.9. The van der Waals surface area contributed by atoms with E-state index >= 15 is 0 Å². The van der Waals surface area contributed by atoms with Crippen molar-refractivity contribution >= 4 is 27.6 Å². The monoisotopic (exact) mass is 666 g/mol. The van der Waals surface area contributed by atoms with Crippen molar-refractivity contribution in [2.24, 2.45) is 5.92 Å². The second-order valence-corrected chi connectivity index (χ2v) is 12.9. The van der Waals surface area contributed by atoms with E-state index in [2.05, 4.69) is 10.0 Å². The van der Waals surface area contributed by atoms with Crippen molar-refractivity contribution in [2.45, 2.75) is 87.4 Å². The van der Waals surface area contributed by atoms with Gasteiger partial charge in [0.1, 0.15) is 35.1 Å². The number of hydrogen-bond acceptors (Lipinski definition) is 13. The summed E-state index contributed by atoms with van der Waals surface area (Å²) in [5.41, 5.74) is -0.0950. The third-order valence-corrected chi connectivity index (χ3v) is 9.31. The van der Waals surface area contributed by atoms with Crippen molar-refractivity contribution in [3.05, 3.63) is 48.0 Å². The molecule has 1 saturated heterocycles. The standard InChI is InChI=1S/C31H42N2O12S/c1-2-3-14-32-22-15-20(31(39)43-18-42-30(38)19-10-6-4-7-11-19)16-24(28(22)44-21-12-8-5-9-13-21)46(40,41)33-29-27(37)26(36)25(35)23(17-34)45-29/h5,8-9,12-13,15-16,19,23,25-27,29,32-37H,2-4,6-7,10-11,14,17-18H2,1H3/t23-,25-,26+,27-,29?/m1/s1. The van der Waals surface area contributed by atoms with Crippen LogP contribution in [0.4, 0.5) is 5.69 Å². The molecular formula is C31H42N2O12S. The molecule has 46 heavy (non-hydrogen) atoms. The Balaban J connectivity index is 1.67. The van der Waals surface area contributed by atoms with Gasteiger partial charge in [0, 0.05) is 6.54 Å². The van der Waals surface area contributed by atoms with Gasteiger partial charge in [-0.2, -0.15) is 4.72 Å². The Morgan fingerprint density at radius 2 is 1.70 bits per heavy atom. The number of nitrogens with one attached hydrogen (secondary N) is 2. The predicted molar refractivity (Wildman–Crippen MR) is 163 cm³/mol. The van der Waals surface area contributed by atoms with Gasteiger partial charge < -0.3 is 44.7 Å². The Hall–Kier alpha value is -3.31. The normalized spacial score (nSPS) is 23.8. The molecule has 1 saturated carbocycles. The fraction of sp³-hybridized carbons (Fsp3) is 0.548. The minimum atomic E-state index is -4.74. The van der Waals surface area contributed by atoms with Crippen molar-refractivity contribution < 1.29 is 57.4 Å². The molecule has 4 rings (SSSR count). The largest absolute Gasteiger partial charge is 0.454 e. The molecule has 14 nitrogen and oxygen atoms in total. The number of unbranched alkanes of at least 4 members (excludes halogenated alkanes) is 1. The molecule has 15 heteroatoms. The van der Waals surface area contributed by atoms with Gasteiger partial charge in [-0.05, 0) is 43.5 Å². The number of anilines is 1. The van der Waals surface area contributed by atoms with E-state index in [1.165, 1.54) is 6.07 Å². The summed E-state index contributed by atoms with van der Waals surface area (Å²) >= 11 is 0. The van der Waals surface area contributed by atoms with Crippen molar-refractivity contribution in [1.29, 1.82) is 0 Å². The molecule has 0 bridgehead atoms. The molecule has 6 N–H and O–H groups in total. The number of carbonyl (C=O) groups is 2. The van der Waals surface area contributed by atoms with Crippen molar-refractivity contribution in [1.82, 2.24) is 4.72 Å². The molecule has 5 atom stereocenters. The summed E-state index contributed by atoms with van der Waals surface area (Å²) in [6, 6.07) is 10.7. The topological polar surface area (TPSA) is 210 Å². The molecule has 2 aliphatic rings. The van der Waals surface area contributed by atoms with Gasteiger partial charge in [-0.3, -0.25) is 4.79 Å². The average molecular weight is 667 g/mol. The zero-order valence-corrected chi connectivity index (χ0v) is 26.4. The lowest BCUT2D eigenvalue weighted by atomic mass is 9.89. The lowest BCUT2D eigenvalue weighted by Gasteiger charge is -2.40. The van der Waals surface area contributed by atoms with Crippen LogP contribution in [0.5, 0.6) is 11.5 Å². The smallest absolute Gasteiger partial charge is 0.341 e. The van der Waals surface area contributed by atoms with Crippen molar-refractivity contribution in [3.8, 4) is 11.5 Å². The van der Waals surface area contributed by atoms with Gasteiger partial charge in [0.2, 0.25) is 16.8 Å². The first-order chi connectivity index (χ1) is 22.1. The molecule has 0 amide bonds. The number of sulfonamides is 1. The molecule has 1 unspecified atom stereocenters. The molecule has 1 heterocycles. The van der Waals surface area contributed by atoms with Gasteiger partial charge in [-0.25, -0.2) is 13.2 Å². The molecule has 2 aromatic rings. The van der Waals surface area contributed by atoms with Crippen LogP contribution in [-0.2, 0) is 29.0 Å². The van der Waals surface area contributed by atoms with E-state index in [1.54, 1.807) is 30.3 Å². The molecule has 0 spiro atoms. The minimum absolute atomic E-state index is 0.125. The zero-order valence-electron chi connectivity index (χ0n) is 25.5. The number of aliphatic hydroxyl groups excluding tert-OH is 4. The SMILES string of the molecule is CCCCNc1cc(C(=O)OCOC(=O)C2CCCCC2)cc(S(=O)(=O)NC2O[C@H](CO)[C@@H](O)[C@H](O)[C@H]2O)c1Oc1ccccc1. The molecule has 2 aromatic carbocycles. The highest BCUT2D eigenvalue weighted by Crippen LogP contribution is 2.38. The Labute approximate surface area is 267 Å². The van der Waals surface area contributed by atoms with Crippen LogP contribution < -0.4 is 14.8 Å². The zero-order chi connectivity index (χ0) is 33.3. The summed E-state index contributed by atoms with van der Waals surface area (Å²) in [7, 11) is -4.74. The van der Waals surface area contributed by atoms with Gasteiger partial charge in [0.25, 0.3) is 0 Å². The first-order valence-electron chi connectivity index (χ1n) is 15.4. The van der Waals surface area contributed by atoms with E-state index in [1.807, 2.05) is 6.92 Å². The fourth-order valence-corrected chi connectivity index (χ4v) is 6.56. The highest BCUT2D eigenvalue weighted by Gasteiger charge is 2.45. The van der Waals surface area contributed by atoms with Gasteiger partial charge in [-0.15, -0.1) is 0 Å². The average Bonchev–Trinajstić information content (AvgIpc) is 3.06. The summed E-state index contributed by atoms with van der Waals surface area (Å²) in [6.45, 7) is 0.911. The third kappa shape index (κ3) is 8.94. The van der Waals surface area contributed by atoms with Crippen LogP contribution in [0.25, 0.3) is 0 Å². The van der Waals surface area contributed by atoms with Gasteiger partial charge in [-0.1, -0.05) is 50.8 Å². The number of para-hydroxylation sites is 1. The number of carbonyl (C=O) groups excluding carboxylic acids is 2. The number of ether oxygens (including phenoxy) is 4.